The van der Waals surface area contributed by atoms with Crippen LogP contribution in [0.1, 0.15) is 59.5 Å². The fourth-order valence-corrected chi connectivity index (χ4v) is 2.43. The molecule has 1 aliphatic rings. The number of aryl methyl sites for hydroxylation is 2. The largest absolute Gasteiger partial charge is 0.454 e. The van der Waals surface area contributed by atoms with Gasteiger partial charge in [0.15, 0.2) is 6.61 Å². The Morgan fingerprint density at radius 1 is 1.45 bits per heavy atom. The number of hydrogen-bond acceptors (Lipinski definition) is 6. The van der Waals surface area contributed by atoms with E-state index in [-0.39, 0.29) is 23.9 Å². The number of rotatable bonds is 4. The number of hydrogen-bond donors (Lipinski definition) is 1. The van der Waals surface area contributed by atoms with Crippen molar-refractivity contribution in [1.29, 1.82) is 0 Å². The minimum absolute atomic E-state index is 0.0215. The Kier molecular flexibility index (Phi) is 3.79. The SMILES string of the molecule is CC(C)c1nc(COC(=O)c2cc3c([nH]c2=O)CCC3)no1. The molecule has 0 bridgehead atoms. The van der Waals surface area contributed by atoms with Crippen LogP contribution in [0.4, 0.5) is 0 Å². The van der Waals surface area contributed by atoms with Crippen molar-refractivity contribution in [2.24, 2.45) is 0 Å². The summed E-state index contributed by atoms with van der Waals surface area (Å²) in [5.41, 5.74) is 1.53. The average molecular weight is 303 g/mol. The van der Waals surface area contributed by atoms with Crippen LogP contribution in [-0.4, -0.2) is 21.1 Å². The second kappa shape index (κ2) is 5.75. The summed E-state index contributed by atoms with van der Waals surface area (Å²) in [6, 6.07) is 1.62. The molecule has 0 spiro atoms. The van der Waals surface area contributed by atoms with Gasteiger partial charge in [-0.15, -0.1) is 0 Å². The number of nitrogens with zero attached hydrogens (tertiary/aromatic N) is 2. The van der Waals surface area contributed by atoms with Crippen molar-refractivity contribution in [3.05, 3.63) is 45.0 Å². The zero-order valence-electron chi connectivity index (χ0n) is 12.5. The number of fused-ring (bicyclic) bond motifs is 1. The van der Waals surface area contributed by atoms with Gasteiger partial charge in [-0.05, 0) is 30.9 Å². The van der Waals surface area contributed by atoms with Gasteiger partial charge in [0.25, 0.3) is 5.56 Å². The molecule has 2 heterocycles. The van der Waals surface area contributed by atoms with E-state index in [0.29, 0.717) is 5.89 Å². The lowest BCUT2D eigenvalue weighted by Crippen LogP contribution is -2.21. The van der Waals surface area contributed by atoms with Crippen LogP contribution in [0.3, 0.4) is 0 Å². The molecule has 1 aliphatic carbocycles. The first-order valence-corrected chi connectivity index (χ1v) is 7.29. The molecule has 7 heteroatoms. The quantitative estimate of drug-likeness (QED) is 0.864. The predicted octanol–water partition coefficient (Wildman–Crippen LogP) is 1.73. The van der Waals surface area contributed by atoms with Crippen LogP contribution < -0.4 is 5.56 Å². The monoisotopic (exact) mass is 303 g/mol. The summed E-state index contributed by atoms with van der Waals surface area (Å²) in [6.07, 6.45) is 2.71. The molecule has 0 atom stereocenters. The zero-order valence-corrected chi connectivity index (χ0v) is 12.5. The van der Waals surface area contributed by atoms with Crippen molar-refractivity contribution >= 4 is 5.97 Å². The summed E-state index contributed by atoms with van der Waals surface area (Å²) in [6.45, 7) is 3.73. The number of ether oxygens (including phenoxy) is 1. The lowest BCUT2D eigenvalue weighted by atomic mass is 10.1. The van der Waals surface area contributed by atoms with Crippen molar-refractivity contribution in [2.75, 3.05) is 0 Å². The second-order valence-electron chi connectivity index (χ2n) is 5.65. The molecule has 0 fully saturated rings. The molecule has 0 saturated carbocycles. The molecule has 22 heavy (non-hydrogen) atoms. The first-order valence-electron chi connectivity index (χ1n) is 7.29. The van der Waals surface area contributed by atoms with Crippen LogP contribution in [0.15, 0.2) is 15.4 Å². The number of nitrogens with one attached hydrogen (secondary N) is 1. The van der Waals surface area contributed by atoms with Crippen LogP contribution in [0.25, 0.3) is 0 Å². The van der Waals surface area contributed by atoms with Crippen LogP contribution >= 0.6 is 0 Å². The van der Waals surface area contributed by atoms with Crippen LogP contribution in [0, 0.1) is 0 Å². The van der Waals surface area contributed by atoms with Crippen molar-refractivity contribution in [2.45, 2.75) is 45.6 Å². The number of carbonyl (C=O) groups excluding carboxylic acids is 1. The normalized spacial score (nSPS) is 13.4. The third-order valence-corrected chi connectivity index (χ3v) is 3.62. The highest BCUT2D eigenvalue weighted by molar-refractivity contribution is 5.89. The molecule has 0 aromatic carbocycles. The zero-order chi connectivity index (χ0) is 15.7. The molecular formula is C15H17N3O4. The molecule has 3 rings (SSSR count). The van der Waals surface area contributed by atoms with Gasteiger partial charge in [0.2, 0.25) is 11.7 Å². The molecule has 0 amide bonds. The molecule has 0 saturated heterocycles. The molecule has 0 aliphatic heterocycles. The maximum absolute atomic E-state index is 12.1. The fraction of sp³-hybridized carbons (Fsp3) is 0.467. The highest BCUT2D eigenvalue weighted by Gasteiger charge is 2.20. The van der Waals surface area contributed by atoms with E-state index in [2.05, 4.69) is 15.1 Å². The molecule has 0 unspecified atom stereocenters. The van der Waals surface area contributed by atoms with Crippen molar-refractivity contribution in [1.82, 2.24) is 15.1 Å². The van der Waals surface area contributed by atoms with Gasteiger partial charge >= 0.3 is 5.97 Å². The number of aromatic amines is 1. The van der Waals surface area contributed by atoms with Crippen LogP contribution in [-0.2, 0) is 24.2 Å². The smallest absolute Gasteiger partial charge is 0.344 e. The Balaban J connectivity index is 1.70. The van der Waals surface area contributed by atoms with E-state index < -0.39 is 11.5 Å². The number of esters is 1. The van der Waals surface area contributed by atoms with Gasteiger partial charge < -0.3 is 14.2 Å². The third-order valence-electron chi connectivity index (χ3n) is 3.62. The van der Waals surface area contributed by atoms with E-state index in [9.17, 15) is 9.59 Å². The number of aromatic nitrogens is 3. The summed E-state index contributed by atoms with van der Waals surface area (Å²) >= 11 is 0. The van der Waals surface area contributed by atoms with E-state index in [1.807, 2.05) is 13.8 Å². The van der Waals surface area contributed by atoms with Crippen molar-refractivity contribution in [3.8, 4) is 0 Å². The third kappa shape index (κ3) is 2.79. The lowest BCUT2D eigenvalue weighted by molar-refractivity contribution is 0.0457. The molecular weight excluding hydrogens is 286 g/mol. The van der Waals surface area contributed by atoms with Gasteiger partial charge in [-0.3, -0.25) is 4.79 Å². The first kappa shape index (κ1) is 14.5. The molecule has 7 nitrogen and oxygen atoms in total. The topological polar surface area (TPSA) is 98.1 Å². The highest BCUT2D eigenvalue weighted by atomic mass is 16.5. The lowest BCUT2D eigenvalue weighted by Gasteiger charge is -2.04. The summed E-state index contributed by atoms with van der Waals surface area (Å²) in [4.78, 5) is 30.8. The highest BCUT2D eigenvalue weighted by Crippen LogP contribution is 2.19. The Labute approximate surface area is 126 Å². The summed E-state index contributed by atoms with van der Waals surface area (Å²) in [5.74, 6) is 0.208. The van der Waals surface area contributed by atoms with E-state index in [1.54, 1.807) is 6.07 Å². The van der Waals surface area contributed by atoms with E-state index in [4.69, 9.17) is 9.26 Å². The maximum Gasteiger partial charge on any atom is 0.344 e. The summed E-state index contributed by atoms with van der Waals surface area (Å²) < 4.78 is 10.1. The Hall–Kier alpha value is -2.44. The van der Waals surface area contributed by atoms with E-state index >= 15 is 0 Å². The van der Waals surface area contributed by atoms with Gasteiger partial charge in [-0.1, -0.05) is 19.0 Å². The van der Waals surface area contributed by atoms with Gasteiger partial charge in [0.05, 0.1) is 0 Å². The van der Waals surface area contributed by atoms with Crippen molar-refractivity contribution < 1.29 is 14.1 Å². The summed E-state index contributed by atoms with van der Waals surface area (Å²) in [5, 5.41) is 3.73. The number of H-pyrrole nitrogens is 1. The second-order valence-corrected chi connectivity index (χ2v) is 5.65. The van der Waals surface area contributed by atoms with E-state index in [0.717, 1.165) is 30.5 Å². The first-order chi connectivity index (χ1) is 10.5. The average Bonchev–Trinajstić information content (AvgIpc) is 3.12. The predicted molar refractivity (Wildman–Crippen MR) is 76.6 cm³/mol. The fourth-order valence-electron chi connectivity index (χ4n) is 2.43. The Morgan fingerprint density at radius 2 is 2.27 bits per heavy atom. The summed E-state index contributed by atoms with van der Waals surface area (Å²) in [7, 11) is 0. The standard InChI is InChI=1S/C15H17N3O4/c1-8(2)14-17-12(18-22-14)7-21-15(20)10-6-9-4-3-5-11(9)16-13(10)19/h6,8H,3-5,7H2,1-2H3,(H,16,19). The van der Waals surface area contributed by atoms with Gasteiger partial charge in [-0.25, -0.2) is 4.79 Å². The van der Waals surface area contributed by atoms with Gasteiger partial charge in [0.1, 0.15) is 5.56 Å². The minimum Gasteiger partial charge on any atom is -0.454 e. The number of carbonyl (C=O) groups is 1. The van der Waals surface area contributed by atoms with Crippen molar-refractivity contribution in [3.63, 3.8) is 0 Å². The molecule has 0 radical (unpaired) electrons. The van der Waals surface area contributed by atoms with Gasteiger partial charge in [-0.2, -0.15) is 4.98 Å². The molecule has 1 N–H and O–H groups in total. The molecule has 2 aromatic rings. The molecule has 2 aromatic heterocycles. The minimum atomic E-state index is -0.674. The van der Waals surface area contributed by atoms with Crippen LogP contribution in [0.2, 0.25) is 0 Å². The van der Waals surface area contributed by atoms with Gasteiger partial charge in [0, 0.05) is 11.6 Å². The Bertz CT molecular complexity index is 760. The van der Waals surface area contributed by atoms with E-state index in [1.165, 1.54) is 0 Å². The van der Waals surface area contributed by atoms with Crippen LogP contribution in [0.5, 0.6) is 0 Å². The molecule has 116 valence electrons. The maximum atomic E-state index is 12.1. The Morgan fingerprint density at radius 3 is 3.00 bits per heavy atom. The number of pyridine rings is 1.